The highest BCUT2D eigenvalue weighted by atomic mass is 32.2. The molecule has 0 spiro atoms. The van der Waals surface area contributed by atoms with E-state index in [1.165, 1.54) is 40.6 Å². The Morgan fingerprint density at radius 1 is 0.912 bits per heavy atom. The van der Waals surface area contributed by atoms with Gasteiger partial charge in [-0.1, -0.05) is 71.6 Å². The van der Waals surface area contributed by atoms with Crippen LogP contribution in [0.3, 0.4) is 0 Å². The molecule has 0 aliphatic heterocycles. The molecule has 168 valence electrons. The third kappa shape index (κ3) is 4.35. The number of anilines is 1. The molecule has 0 saturated heterocycles. The number of thioether (sulfide) groups is 1. The molecule has 34 heavy (non-hydrogen) atoms. The molecule has 0 atom stereocenters. The predicted octanol–water partition coefficient (Wildman–Crippen LogP) is 5.03. The number of aromatic carboxylic acids is 1. The van der Waals surface area contributed by atoms with Crippen molar-refractivity contribution in [1.82, 2.24) is 10.2 Å². The molecular weight excluding hydrogens is 470 g/mol. The summed E-state index contributed by atoms with van der Waals surface area (Å²) >= 11 is 2.37. The van der Waals surface area contributed by atoms with Gasteiger partial charge in [0.25, 0.3) is 5.91 Å². The van der Waals surface area contributed by atoms with E-state index in [1.807, 2.05) is 30.3 Å². The zero-order chi connectivity index (χ0) is 23.7. The van der Waals surface area contributed by atoms with E-state index in [0.717, 1.165) is 23.3 Å². The Morgan fingerprint density at radius 3 is 2.47 bits per heavy atom. The summed E-state index contributed by atoms with van der Waals surface area (Å²) in [4.78, 5) is 36.6. The van der Waals surface area contributed by atoms with Crippen LogP contribution in [0.1, 0.15) is 42.2 Å². The number of Topliss-reactive ketones (excluding diaryl/α,β-unsaturated/α-hetero) is 1. The van der Waals surface area contributed by atoms with Crippen LogP contribution in [0.25, 0.3) is 11.1 Å². The van der Waals surface area contributed by atoms with E-state index in [0.29, 0.717) is 9.90 Å². The van der Waals surface area contributed by atoms with Gasteiger partial charge in [0.1, 0.15) is 0 Å². The Bertz CT molecular complexity index is 1450. The smallest absolute Gasteiger partial charge is 0.336 e. The molecule has 0 fully saturated rings. The van der Waals surface area contributed by atoms with Gasteiger partial charge in [-0.25, -0.2) is 4.79 Å². The molecule has 0 radical (unpaired) electrons. The maximum atomic E-state index is 12.8. The van der Waals surface area contributed by atoms with Gasteiger partial charge in [0.05, 0.1) is 16.9 Å². The average Bonchev–Trinajstić information content (AvgIpc) is 3.45. The predicted molar refractivity (Wildman–Crippen MR) is 131 cm³/mol. The van der Waals surface area contributed by atoms with Gasteiger partial charge in [-0.3, -0.25) is 14.9 Å². The van der Waals surface area contributed by atoms with Crippen LogP contribution in [0.15, 0.2) is 71.1 Å². The maximum Gasteiger partial charge on any atom is 0.336 e. The Hall–Kier alpha value is -3.82. The third-order valence-electron chi connectivity index (χ3n) is 5.47. The summed E-state index contributed by atoms with van der Waals surface area (Å²) < 4.78 is 0.531. The number of carbonyl (C=O) groups is 3. The second-order valence-corrected chi connectivity index (χ2v) is 9.80. The lowest BCUT2D eigenvalue weighted by atomic mass is 10.0. The van der Waals surface area contributed by atoms with Gasteiger partial charge in [-0.15, -0.1) is 10.2 Å². The number of ketones is 1. The van der Waals surface area contributed by atoms with E-state index in [9.17, 15) is 19.5 Å². The molecule has 9 heteroatoms. The number of aromatic nitrogens is 2. The van der Waals surface area contributed by atoms with Crippen LogP contribution in [0.5, 0.6) is 0 Å². The number of carboxylic acid groups (broad SMARTS) is 1. The summed E-state index contributed by atoms with van der Waals surface area (Å²) in [6, 6.07) is 20.0. The summed E-state index contributed by atoms with van der Waals surface area (Å²) in [6.45, 7) is 0. The van der Waals surface area contributed by atoms with Crippen molar-refractivity contribution in [3.63, 3.8) is 0 Å². The number of nitrogens with one attached hydrogen (secondary N) is 1. The molecule has 3 aromatic carbocycles. The lowest BCUT2D eigenvalue weighted by molar-refractivity contribution is 0.0692. The van der Waals surface area contributed by atoms with Gasteiger partial charge in [0.15, 0.2) is 10.1 Å². The molecule has 1 aromatic heterocycles. The average molecular weight is 488 g/mol. The van der Waals surface area contributed by atoms with E-state index in [2.05, 4.69) is 27.6 Å². The monoisotopic (exact) mass is 487 g/mol. The fraction of sp³-hybridized carbons (Fsp3) is 0.0800. The molecule has 1 amide bonds. The topological polar surface area (TPSA) is 109 Å². The fourth-order valence-electron chi connectivity index (χ4n) is 3.88. The highest BCUT2D eigenvalue weighted by molar-refractivity contribution is 8.01. The normalized spacial score (nSPS) is 11.5. The summed E-state index contributed by atoms with van der Waals surface area (Å²) in [7, 11) is 0. The molecule has 1 aliphatic carbocycles. The number of rotatable bonds is 7. The molecule has 4 aromatic rings. The minimum atomic E-state index is -1.19. The zero-order valence-corrected chi connectivity index (χ0v) is 19.3. The lowest BCUT2D eigenvalue weighted by Gasteiger charge is -2.05. The van der Waals surface area contributed by atoms with E-state index in [-0.39, 0.29) is 27.8 Å². The number of carbonyl (C=O) groups excluding carboxylic acids is 2. The minimum Gasteiger partial charge on any atom is -0.478 e. The Kier molecular flexibility index (Phi) is 5.95. The summed E-state index contributed by atoms with van der Waals surface area (Å²) in [5.41, 5.74) is 5.41. The molecule has 5 rings (SSSR count). The van der Waals surface area contributed by atoms with Crippen molar-refractivity contribution in [3.05, 3.63) is 94.5 Å². The van der Waals surface area contributed by atoms with E-state index < -0.39 is 11.9 Å². The van der Waals surface area contributed by atoms with Crippen molar-refractivity contribution in [3.8, 4) is 11.1 Å². The zero-order valence-electron chi connectivity index (χ0n) is 17.6. The van der Waals surface area contributed by atoms with Crippen LogP contribution in [-0.4, -0.2) is 38.7 Å². The molecule has 0 bridgehead atoms. The van der Waals surface area contributed by atoms with Gasteiger partial charge >= 0.3 is 5.97 Å². The fourth-order valence-corrected chi connectivity index (χ4v) is 5.52. The largest absolute Gasteiger partial charge is 0.478 e. The number of amides is 1. The first-order chi connectivity index (χ1) is 16.5. The molecule has 0 saturated carbocycles. The lowest BCUT2D eigenvalue weighted by Crippen LogP contribution is -2.16. The summed E-state index contributed by atoms with van der Waals surface area (Å²) in [6.07, 6.45) is 0.824. The van der Waals surface area contributed by atoms with Crippen LogP contribution >= 0.6 is 23.1 Å². The van der Waals surface area contributed by atoms with Crippen LogP contribution in [0.2, 0.25) is 0 Å². The number of benzene rings is 3. The first-order valence-corrected chi connectivity index (χ1v) is 12.1. The van der Waals surface area contributed by atoms with Crippen molar-refractivity contribution in [2.24, 2.45) is 0 Å². The third-order valence-corrected chi connectivity index (χ3v) is 7.44. The van der Waals surface area contributed by atoms with Crippen molar-refractivity contribution in [2.75, 3.05) is 11.1 Å². The van der Waals surface area contributed by atoms with Crippen molar-refractivity contribution < 1.29 is 19.5 Å². The first kappa shape index (κ1) is 22.0. The molecule has 7 nitrogen and oxygen atoms in total. The highest BCUT2D eigenvalue weighted by Crippen LogP contribution is 2.37. The molecule has 1 heterocycles. The van der Waals surface area contributed by atoms with Crippen molar-refractivity contribution in [2.45, 2.75) is 10.8 Å². The number of nitrogens with zero attached hydrogens (tertiary/aromatic N) is 2. The standard InChI is InChI=1S/C25H17N3O4S2/c29-21(15-9-10-18-16(12-15)11-14-5-1-2-6-17(14)18)13-33-25-28-27-24(34-25)26-22(30)19-7-3-4-8-20(19)23(31)32/h1-10,12H,11,13H2,(H,31,32)(H,26,27,30). The van der Waals surface area contributed by atoms with E-state index in [1.54, 1.807) is 12.1 Å². The molecule has 0 unspecified atom stereocenters. The second-order valence-electron chi connectivity index (χ2n) is 7.60. The van der Waals surface area contributed by atoms with Gasteiger partial charge in [0.2, 0.25) is 5.13 Å². The molecular formula is C25H17N3O4S2. The van der Waals surface area contributed by atoms with E-state index in [4.69, 9.17) is 0 Å². The van der Waals surface area contributed by atoms with Crippen LogP contribution in [0.4, 0.5) is 5.13 Å². The quantitative estimate of drug-likeness (QED) is 0.188. The summed E-state index contributed by atoms with van der Waals surface area (Å²) in [5, 5.41) is 20.0. The minimum absolute atomic E-state index is 0.0140. The molecule has 2 N–H and O–H groups in total. The van der Waals surface area contributed by atoms with Gasteiger partial charge in [-0.2, -0.15) is 0 Å². The Balaban J connectivity index is 1.22. The van der Waals surface area contributed by atoms with Crippen LogP contribution in [-0.2, 0) is 6.42 Å². The molecule has 1 aliphatic rings. The Morgan fingerprint density at radius 2 is 1.65 bits per heavy atom. The van der Waals surface area contributed by atoms with Crippen molar-refractivity contribution >= 4 is 45.9 Å². The van der Waals surface area contributed by atoms with Gasteiger partial charge < -0.3 is 5.11 Å². The van der Waals surface area contributed by atoms with Gasteiger partial charge in [-0.05, 0) is 46.9 Å². The number of hydrogen-bond acceptors (Lipinski definition) is 7. The Labute approximate surface area is 202 Å². The number of carboxylic acids is 1. The van der Waals surface area contributed by atoms with Crippen LogP contribution < -0.4 is 5.32 Å². The van der Waals surface area contributed by atoms with Gasteiger partial charge in [0, 0.05) is 5.56 Å². The highest BCUT2D eigenvalue weighted by Gasteiger charge is 2.20. The number of fused-ring (bicyclic) bond motifs is 3. The van der Waals surface area contributed by atoms with Crippen molar-refractivity contribution in [1.29, 1.82) is 0 Å². The van der Waals surface area contributed by atoms with Crippen LogP contribution in [0, 0.1) is 0 Å². The summed E-state index contributed by atoms with van der Waals surface area (Å²) in [5.74, 6) is -1.59. The van der Waals surface area contributed by atoms with E-state index >= 15 is 0 Å². The number of hydrogen-bond donors (Lipinski definition) is 2. The second kappa shape index (κ2) is 9.20. The first-order valence-electron chi connectivity index (χ1n) is 10.3. The SMILES string of the molecule is O=C(CSc1nnc(NC(=O)c2ccccc2C(=O)O)s1)c1ccc2c(c1)Cc1ccccc1-2. The maximum absolute atomic E-state index is 12.8.